The molecule has 0 atom stereocenters. The average molecular weight is 284 g/mol. The van der Waals surface area contributed by atoms with E-state index >= 15 is 0 Å². The molecule has 1 aromatic carbocycles. The van der Waals surface area contributed by atoms with E-state index in [-0.39, 0.29) is 5.82 Å². The molecule has 0 aliphatic carbocycles. The molecule has 2 heterocycles. The van der Waals surface area contributed by atoms with Gasteiger partial charge in [0.05, 0.1) is 11.4 Å². The predicted octanol–water partition coefficient (Wildman–Crippen LogP) is 2.88. The summed E-state index contributed by atoms with van der Waals surface area (Å²) in [6, 6.07) is 6.17. The smallest absolute Gasteiger partial charge is 0.153 e. The summed E-state index contributed by atoms with van der Waals surface area (Å²) in [5, 5.41) is 11.6. The van der Waals surface area contributed by atoms with E-state index in [0.717, 1.165) is 28.9 Å². The number of aliphatic imine (C=N–C) groups is 1. The van der Waals surface area contributed by atoms with Crippen molar-refractivity contribution in [3.05, 3.63) is 47.7 Å². The Morgan fingerprint density at radius 2 is 2.10 bits per heavy atom. The van der Waals surface area contributed by atoms with Crippen LogP contribution < -0.4 is 0 Å². The number of oxime groups is 1. The van der Waals surface area contributed by atoms with Gasteiger partial charge in [-0.05, 0) is 42.3 Å². The van der Waals surface area contributed by atoms with Crippen molar-refractivity contribution in [3.63, 3.8) is 0 Å². The second kappa shape index (κ2) is 5.70. The van der Waals surface area contributed by atoms with Crippen LogP contribution in [0, 0.1) is 5.82 Å². The molecule has 0 radical (unpaired) electrons. The maximum atomic E-state index is 13.1. The van der Waals surface area contributed by atoms with Crippen LogP contribution in [0.4, 0.5) is 4.39 Å². The zero-order valence-corrected chi connectivity index (χ0v) is 11.1. The number of hydrogen-bond acceptors (Lipinski definition) is 4. The number of hydrogen-bond donors (Lipinski definition) is 2. The van der Waals surface area contributed by atoms with Crippen molar-refractivity contribution in [1.82, 2.24) is 9.97 Å². The molecule has 0 amide bonds. The molecule has 0 saturated carbocycles. The van der Waals surface area contributed by atoms with Gasteiger partial charge in [-0.1, -0.05) is 5.16 Å². The minimum atomic E-state index is -0.291. The van der Waals surface area contributed by atoms with E-state index in [1.807, 2.05) is 6.08 Å². The third-order valence-electron chi connectivity index (χ3n) is 3.23. The quantitative estimate of drug-likeness (QED) is 0.516. The Kier molecular flexibility index (Phi) is 3.59. The molecular weight excluding hydrogens is 271 g/mol. The summed E-state index contributed by atoms with van der Waals surface area (Å²) >= 11 is 0. The van der Waals surface area contributed by atoms with Crippen LogP contribution in [0.1, 0.15) is 17.9 Å². The summed E-state index contributed by atoms with van der Waals surface area (Å²) < 4.78 is 13.1. The van der Waals surface area contributed by atoms with Crippen molar-refractivity contribution in [1.29, 1.82) is 0 Å². The van der Waals surface area contributed by atoms with Crippen LogP contribution in [0.15, 0.2) is 40.5 Å². The Morgan fingerprint density at radius 1 is 1.29 bits per heavy atom. The van der Waals surface area contributed by atoms with Crippen molar-refractivity contribution < 1.29 is 9.60 Å². The van der Waals surface area contributed by atoms with Gasteiger partial charge in [0.15, 0.2) is 5.82 Å². The zero-order valence-electron chi connectivity index (χ0n) is 11.1. The molecule has 0 bridgehead atoms. The number of dihydropyridines is 1. The first-order valence-electron chi connectivity index (χ1n) is 6.50. The van der Waals surface area contributed by atoms with Crippen LogP contribution in [0.3, 0.4) is 0 Å². The number of nitrogens with zero attached hydrogens (tertiary/aromatic N) is 3. The van der Waals surface area contributed by atoms with Gasteiger partial charge in [0, 0.05) is 18.3 Å². The monoisotopic (exact) mass is 284 g/mol. The molecule has 3 rings (SSSR count). The Balaban J connectivity index is 2.11. The lowest BCUT2D eigenvalue weighted by atomic mass is 10.0. The highest BCUT2D eigenvalue weighted by atomic mass is 19.1. The summed E-state index contributed by atoms with van der Waals surface area (Å²) in [7, 11) is 0. The Bertz CT molecular complexity index is 729. The van der Waals surface area contributed by atoms with Crippen molar-refractivity contribution in [2.24, 2.45) is 10.1 Å². The molecule has 2 N–H and O–H groups in total. The molecule has 1 aliphatic rings. The third-order valence-corrected chi connectivity index (χ3v) is 3.23. The minimum absolute atomic E-state index is 0.291. The van der Waals surface area contributed by atoms with Crippen molar-refractivity contribution in [2.75, 3.05) is 6.54 Å². The number of aromatic nitrogens is 2. The molecular formula is C15H13FN4O. The van der Waals surface area contributed by atoms with Crippen LogP contribution in [0.2, 0.25) is 0 Å². The highest BCUT2D eigenvalue weighted by molar-refractivity contribution is 5.90. The fourth-order valence-electron chi connectivity index (χ4n) is 2.25. The number of nitrogens with one attached hydrogen (secondary N) is 1. The average Bonchev–Trinajstić information content (AvgIpc) is 2.93. The van der Waals surface area contributed by atoms with Crippen molar-refractivity contribution >= 4 is 18.0 Å². The molecule has 2 aromatic rings. The summed E-state index contributed by atoms with van der Waals surface area (Å²) in [4.78, 5) is 11.7. The number of H-pyrrole nitrogens is 1. The van der Waals surface area contributed by atoms with E-state index in [0.29, 0.717) is 12.4 Å². The number of rotatable bonds is 3. The molecule has 5 nitrogen and oxygen atoms in total. The van der Waals surface area contributed by atoms with E-state index < -0.39 is 0 Å². The molecule has 0 saturated heterocycles. The second-order valence-electron chi connectivity index (χ2n) is 4.59. The normalized spacial score (nSPS) is 14.6. The van der Waals surface area contributed by atoms with Gasteiger partial charge in [-0.2, -0.15) is 0 Å². The van der Waals surface area contributed by atoms with Crippen LogP contribution in [0.25, 0.3) is 16.8 Å². The fraction of sp³-hybridized carbons (Fsp3) is 0.133. The maximum absolute atomic E-state index is 13.1. The highest BCUT2D eigenvalue weighted by Crippen LogP contribution is 2.29. The van der Waals surface area contributed by atoms with Crippen LogP contribution in [0.5, 0.6) is 0 Å². The van der Waals surface area contributed by atoms with E-state index in [9.17, 15) is 4.39 Å². The Hall–Kier alpha value is -2.76. The molecule has 106 valence electrons. The lowest BCUT2D eigenvalue weighted by Gasteiger charge is -2.08. The largest absolute Gasteiger partial charge is 0.411 e. The zero-order chi connectivity index (χ0) is 14.7. The summed E-state index contributed by atoms with van der Waals surface area (Å²) in [5.41, 5.74) is 3.40. The van der Waals surface area contributed by atoms with E-state index in [4.69, 9.17) is 5.21 Å². The number of aromatic amines is 1. The van der Waals surface area contributed by atoms with E-state index in [2.05, 4.69) is 20.1 Å². The van der Waals surface area contributed by atoms with Crippen LogP contribution in [-0.2, 0) is 0 Å². The van der Waals surface area contributed by atoms with Crippen molar-refractivity contribution in [2.45, 2.75) is 6.42 Å². The molecule has 0 spiro atoms. The van der Waals surface area contributed by atoms with E-state index in [1.54, 1.807) is 18.3 Å². The molecule has 6 heteroatoms. The first-order chi connectivity index (χ1) is 10.3. The lowest BCUT2D eigenvalue weighted by molar-refractivity contribution is 0.321. The highest BCUT2D eigenvalue weighted by Gasteiger charge is 2.16. The van der Waals surface area contributed by atoms with Gasteiger partial charge in [-0.15, -0.1) is 0 Å². The number of imidazole rings is 1. The lowest BCUT2D eigenvalue weighted by Crippen LogP contribution is -1.97. The SMILES string of the molecule is O/N=C/c1nc(C2=CC=NCC2)c(-c2ccc(F)cc2)[nH]1. The summed E-state index contributed by atoms with van der Waals surface area (Å²) in [6.45, 7) is 0.713. The standard InChI is InChI=1S/C15H13FN4O/c16-12-3-1-10(2-4-12)14-15(11-5-7-17-8-6-11)20-13(19-14)9-18-21/h1-5,7,9,21H,6,8H2,(H,19,20)/b18-9+. The Morgan fingerprint density at radius 3 is 2.76 bits per heavy atom. The first-order valence-corrected chi connectivity index (χ1v) is 6.50. The summed E-state index contributed by atoms with van der Waals surface area (Å²) in [6.07, 6.45) is 5.67. The predicted molar refractivity (Wildman–Crippen MR) is 79.3 cm³/mol. The molecule has 0 fully saturated rings. The number of benzene rings is 1. The van der Waals surface area contributed by atoms with Crippen LogP contribution in [-0.4, -0.2) is 34.1 Å². The third kappa shape index (κ3) is 2.74. The van der Waals surface area contributed by atoms with Gasteiger partial charge in [-0.3, -0.25) is 4.99 Å². The van der Waals surface area contributed by atoms with Crippen LogP contribution >= 0.6 is 0 Å². The molecule has 1 aromatic heterocycles. The topological polar surface area (TPSA) is 73.6 Å². The van der Waals surface area contributed by atoms with E-state index in [1.165, 1.54) is 18.3 Å². The first kappa shape index (κ1) is 13.2. The molecule has 21 heavy (non-hydrogen) atoms. The molecule has 1 aliphatic heterocycles. The minimum Gasteiger partial charge on any atom is -0.411 e. The van der Waals surface area contributed by atoms with Crippen molar-refractivity contribution in [3.8, 4) is 11.3 Å². The van der Waals surface area contributed by atoms with Gasteiger partial charge in [0.1, 0.15) is 12.0 Å². The van der Waals surface area contributed by atoms with Gasteiger partial charge < -0.3 is 10.2 Å². The second-order valence-corrected chi connectivity index (χ2v) is 4.59. The van der Waals surface area contributed by atoms with Gasteiger partial charge in [0.2, 0.25) is 0 Å². The maximum Gasteiger partial charge on any atom is 0.153 e. The van der Waals surface area contributed by atoms with Gasteiger partial charge in [0.25, 0.3) is 0 Å². The Labute approximate surface area is 120 Å². The summed E-state index contributed by atoms with van der Waals surface area (Å²) in [5.74, 6) is 0.149. The van der Waals surface area contributed by atoms with Gasteiger partial charge >= 0.3 is 0 Å². The molecule has 0 unspecified atom stereocenters. The fourth-order valence-corrected chi connectivity index (χ4v) is 2.25. The number of halogens is 1. The van der Waals surface area contributed by atoms with Gasteiger partial charge in [-0.25, -0.2) is 9.37 Å². The number of allylic oxidation sites excluding steroid dienone is 1.